The Morgan fingerprint density at radius 3 is 2.19 bits per heavy atom. The van der Waals surface area contributed by atoms with Crippen molar-refractivity contribution < 1.29 is 27.5 Å². The highest BCUT2D eigenvalue weighted by atomic mass is 35.5. The minimum atomic E-state index is -3.04. The van der Waals surface area contributed by atoms with E-state index in [1.54, 1.807) is 6.07 Å². The van der Waals surface area contributed by atoms with Crippen molar-refractivity contribution in [3.63, 3.8) is 0 Å². The van der Waals surface area contributed by atoms with Crippen LogP contribution < -0.4 is 14.8 Å². The second-order valence-corrected chi connectivity index (χ2v) is 7.67. The van der Waals surface area contributed by atoms with E-state index in [9.17, 15) is 13.6 Å². The van der Waals surface area contributed by atoms with Gasteiger partial charge in [-0.05, 0) is 24.3 Å². The molecule has 2 aromatic carbocycles. The molecule has 12 heteroatoms. The average Bonchev–Trinajstić information content (AvgIpc) is 3.21. The first kappa shape index (κ1) is 23.8. The van der Waals surface area contributed by atoms with E-state index < -0.39 is 12.5 Å². The van der Waals surface area contributed by atoms with Crippen molar-refractivity contribution in [3.8, 4) is 11.5 Å². The van der Waals surface area contributed by atoms with Crippen LogP contribution in [-0.4, -0.2) is 12.5 Å². The Bertz CT molecular complexity index is 1090. The summed E-state index contributed by atoms with van der Waals surface area (Å²) in [5.41, 5.74) is 0.0472. The molecule has 0 spiro atoms. The van der Waals surface area contributed by atoms with Gasteiger partial charge in [0.15, 0.2) is 11.5 Å². The van der Waals surface area contributed by atoms with Crippen LogP contribution in [0.15, 0.2) is 40.8 Å². The highest BCUT2D eigenvalue weighted by molar-refractivity contribution is 6.55. The van der Waals surface area contributed by atoms with Gasteiger partial charge in [-0.15, -0.1) is 0 Å². The van der Waals surface area contributed by atoms with Crippen LogP contribution in [0.25, 0.3) is 0 Å². The second-order valence-electron chi connectivity index (χ2n) is 5.78. The van der Waals surface area contributed by atoms with Crippen LogP contribution >= 0.6 is 58.0 Å². The standard InChI is InChI=1S/C19H10Cl5F2NO4/c20-12-13(21)15(23)17(16(24)14(12)22)29-7-8-5-6-11(30-8)18(28)27-9-3-1-2-4-10(9)31-19(25)26/h1-6,19H,7H2,(H,27,28). The zero-order valence-electron chi connectivity index (χ0n) is 15.0. The van der Waals surface area contributed by atoms with Crippen LogP contribution in [0, 0.1) is 0 Å². The van der Waals surface area contributed by atoms with Crippen molar-refractivity contribution >= 4 is 69.6 Å². The van der Waals surface area contributed by atoms with Crippen molar-refractivity contribution in [2.24, 2.45) is 0 Å². The van der Waals surface area contributed by atoms with E-state index >= 15 is 0 Å². The molecular formula is C19H10Cl5F2NO4. The van der Waals surface area contributed by atoms with Crippen molar-refractivity contribution in [3.05, 3.63) is 73.0 Å². The Hall–Kier alpha value is -1.90. The topological polar surface area (TPSA) is 60.7 Å². The number of ether oxygens (including phenoxy) is 2. The second kappa shape index (κ2) is 10.1. The molecule has 3 rings (SSSR count). The van der Waals surface area contributed by atoms with Gasteiger partial charge in [-0.25, -0.2) is 0 Å². The minimum Gasteiger partial charge on any atom is -0.482 e. The number of alkyl halides is 2. The number of hydrogen-bond donors (Lipinski definition) is 1. The molecule has 3 aromatic rings. The first-order chi connectivity index (χ1) is 14.7. The quantitative estimate of drug-likeness (QED) is 0.248. The summed E-state index contributed by atoms with van der Waals surface area (Å²) in [6.07, 6.45) is 0. The highest BCUT2D eigenvalue weighted by Gasteiger charge is 2.21. The van der Waals surface area contributed by atoms with E-state index in [0.717, 1.165) is 0 Å². The molecule has 0 fully saturated rings. The summed E-state index contributed by atoms with van der Waals surface area (Å²) in [5.74, 6) is -0.762. The number of benzene rings is 2. The molecule has 31 heavy (non-hydrogen) atoms. The third-order valence-corrected chi connectivity index (χ3v) is 6.01. The lowest BCUT2D eigenvalue weighted by Crippen LogP contribution is -2.13. The van der Waals surface area contributed by atoms with Gasteiger partial charge in [0.1, 0.15) is 28.2 Å². The lowest BCUT2D eigenvalue weighted by atomic mass is 10.3. The van der Waals surface area contributed by atoms with Crippen LogP contribution in [0.4, 0.5) is 14.5 Å². The Morgan fingerprint density at radius 1 is 0.935 bits per heavy atom. The summed E-state index contributed by atoms with van der Waals surface area (Å²) in [6, 6.07) is 8.57. The van der Waals surface area contributed by atoms with Gasteiger partial charge in [-0.2, -0.15) is 8.78 Å². The van der Waals surface area contributed by atoms with Gasteiger partial charge in [-0.3, -0.25) is 4.79 Å². The zero-order chi connectivity index (χ0) is 22.7. The molecular weight excluding hydrogens is 521 g/mol. The van der Waals surface area contributed by atoms with Gasteiger partial charge in [0.25, 0.3) is 5.91 Å². The monoisotopic (exact) mass is 529 g/mol. The number of furan rings is 1. The average molecular weight is 532 g/mol. The molecule has 0 aliphatic heterocycles. The van der Waals surface area contributed by atoms with E-state index in [-0.39, 0.29) is 60.4 Å². The normalized spacial score (nSPS) is 11.0. The van der Waals surface area contributed by atoms with Crippen LogP contribution in [0.3, 0.4) is 0 Å². The number of halogens is 7. The molecule has 0 atom stereocenters. The van der Waals surface area contributed by atoms with Gasteiger partial charge >= 0.3 is 6.61 Å². The predicted molar refractivity (Wildman–Crippen MR) is 116 cm³/mol. The largest absolute Gasteiger partial charge is 0.482 e. The fourth-order valence-electron chi connectivity index (χ4n) is 2.38. The summed E-state index contributed by atoms with van der Waals surface area (Å²) in [5, 5.41) is 2.28. The molecule has 0 aliphatic carbocycles. The fourth-order valence-corrected chi connectivity index (χ4v) is 3.62. The smallest absolute Gasteiger partial charge is 0.387 e. The van der Waals surface area contributed by atoms with Crippen molar-refractivity contribution in [1.29, 1.82) is 0 Å². The number of rotatable bonds is 7. The Kier molecular flexibility index (Phi) is 7.78. The van der Waals surface area contributed by atoms with Crippen molar-refractivity contribution in [2.75, 3.05) is 5.32 Å². The van der Waals surface area contributed by atoms with Crippen LogP contribution in [0.5, 0.6) is 11.5 Å². The van der Waals surface area contributed by atoms with Gasteiger partial charge in [0, 0.05) is 0 Å². The molecule has 1 N–H and O–H groups in total. The van der Waals surface area contributed by atoms with Gasteiger partial charge in [-0.1, -0.05) is 70.1 Å². The van der Waals surface area contributed by atoms with Crippen LogP contribution in [0.1, 0.15) is 16.3 Å². The Balaban J connectivity index is 1.71. The third kappa shape index (κ3) is 5.48. The maximum atomic E-state index is 12.5. The van der Waals surface area contributed by atoms with Gasteiger partial charge < -0.3 is 19.2 Å². The third-order valence-electron chi connectivity index (χ3n) is 3.77. The molecule has 0 saturated carbocycles. The first-order valence-electron chi connectivity index (χ1n) is 8.27. The zero-order valence-corrected chi connectivity index (χ0v) is 18.8. The minimum absolute atomic E-state index is 0.0109. The number of para-hydroxylation sites is 2. The summed E-state index contributed by atoms with van der Waals surface area (Å²) in [4.78, 5) is 12.4. The van der Waals surface area contributed by atoms with E-state index in [0.29, 0.717) is 0 Å². The highest BCUT2D eigenvalue weighted by Crippen LogP contribution is 2.48. The molecule has 0 unspecified atom stereocenters. The number of anilines is 1. The van der Waals surface area contributed by atoms with Gasteiger partial charge in [0.05, 0.1) is 20.8 Å². The molecule has 0 aliphatic rings. The van der Waals surface area contributed by atoms with Crippen molar-refractivity contribution in [2.45, 2.75) is 13.2 Å². The van der Waals surface area contributed by atoms with E-state index in [1.165, 1.54) is 30.3 Å². The number of carbonyl (C=O) groups excluding carboxylic acids is 1. The van der Waals surface area contributed by atoms with E-state index in [1.807, 2.05) is 0 Å². The lowest BCUT2D eigenvalue weighted by molar-refractivity contribution is -0.0493. The van der Waals surface area contributed by atoms with Crippen LogP contribution in [-0.2, 0) is 6.61 Å². The van der Waals surface area contributed by atoms with E-state index in [2.05, 4.69) is 10.1 Å². The molecule has 5 nitrogen and oxygen atoms in total. The van der Waals surface area contributed by atoms with Crippen molar-refractivity contribution in [1.82, 2.24) is 0 Å². The fraction of sp³-hybridized carbons (Fsp3) is 0.105. The summed E-state index contributed by atoms with van der Waals surface area (Å²) >= 11 is 30.1. The molecule has 0 radical (unpaired) electrons. The molecule has 0 bridgehead atoms. The molecule has 164 valence electrons. The molecule has 1 amide bonds. The Morgan fingerprint density at radius 2 is 1.55 bits per heavy atom. The number of hydrogen-bond acceptors (Lipinski definition) is 4. The molecule has 0 saturated heterocycles. The number of nitrogens with one attached hydrogen (secondary N) is 1. The number of amides is 1. The summed E-state index contributed by atoms with van der Waals surface area (Å²) < 4.78 is 40.3. The summed E-state index contributed by atoms with van der Waals surface area (Å²) in [6.45, 7) is -3.22. The van der Waals surface area contributed by atoms with Gasteiger partial charge in [0.2, 0.25) is 0 Å². The maximum Gasteiger partial charge on any atom is 0.387 e. The molecule has 1 heterocycles. The number of carbonyl (C=O) groups is 1. The summed E-state index contributed by atoms with van der Waals surface area (Å²) in [7, 11) is 0. The lowest BCUT2D eigenvalue weighted by Gasteiger charge is -2.13. The first-order valence-corrected chi connectivity index (χ1v) is 10.2. The SMILES string of the molecule is O=C(Nc1ccccc1OC(F)F)c1ccc(COc2c(Cl)c(Cl)c(Cl)c(Cl)c2Cl)o1. The Labute approximate surface area is 199 Å². The maximum absolute atomic E-state index is 12.5. The van der Waals surface area contributed by atoms with E-state index in [4.69, 9.17) is 67.2 Å². The molecule has 1 aromatic heterocycles. The van der Waals surface area contributed by atoms with Crippen LogP contribution in [0.2, 0.25) is 25.1 Å². The predicted octanol–water partition coefficient (Wildman–Crippen LogP) is 7.98.